The Morgan fingerprint density at radius 2 is 2.00 bits per heavy atom. The maximum Gasteiger partial charge on any atom is 0.573 e. The van der Waals surface area contributed by atoms with Crippen molar-refractivity contribution in [3.63, 3.8) is 0 Å². The number of halogens is 3. The topological polar surface area (TPSA) is 76.7 Å². The Balaban J connectivity index is 1.39. The SMILES string of the molecule is O=C1CC[C@@H](C(=O)NC[C@@H]2Cc3cc(-c4cccc(OC(F)(F)F)c4)ccc3O2)N1. The van der Waals surface area contributed by atoms with Gasteiger partial charge in [0.1, 0.15) is 23.6 Å². The second-order valence-corrected chi connectivity index (χ2v) is 7.25. The third-order valence-electron chi connectivity index (χ3n) is 5.02. The van der Waals surface area contributed by atoms with Gasteiger partial charge < -0.3 is 20.1 Å². The van der Waals surface area contributed by atoms with Crippen LogP contribution in [0.15, 0.2) is 42.5 Å². The highest BCUT2D eigenvalue weighted by molar-refractivity contribution is 5.90. The highest BCUT2D eigenvalue weighted by Crippen LogP contribution is 2.34. The van der Waals surface area contributed by atoms with Gasteiger partial charge in [-0.1, -0.05) is 18.2 Å². The van der Waals surface area contributed by atoms with Crippen LogP contribution in [0.25, 0.3) is 11.1 Å². The predicted molar refractivity (Wildman–Crippen MR) is 101 cm³/mol. The summed E-state index contributed by atoms with van der Waals surface area (Å²) in [5.41, 5.74) is 2.24. The molecule has 0 saturated carbocycles. The van der Waals surface area contributed by atoms with E-state index in [1.165, 1.54) is 18.2 Å². The first-order valence-corrected chi connectivity index (χ1v) is 9.50. The summed E-state index contributed by atoms with van der Waals surface area (Å²) in [6.45, 7) is 0.296. The van der Waals surface area contributed by atoms with Crippen LogP contribution in [-0.2, 0) is 16.0 Å². The monoisotopic (exact) mass is 420 g/mol. The maximum absolute atomic E-state index is 12.5. The molecule has 0 radical (unpaired) electrons. The highest BCUT2D eigenvalue weighted by Gasteiger charge is 2.31. The Morgan fingerprint density at radius 3 is 2.73 bits per heavy atom. The van der Waals surface area contributed by atoms with Crippen LogP contribution in [-0.4, -0.2) is 36.9 Å². The molecule has 4 rings (SSSR count). The van der Waals surface area contributed by atoms with E-state index >= 15 is 0 Å². The Morgan fingerprint density at radius 1 is 1.20 bits per heavy atom. The summed E-state index contributed by atoms with van der Waals surface area (Å²) in [4.78, 5) is 23.3. The molecule has 2 aliphatic rings. The van der Waals surface area contributed by atoms with Gasteiger partial charge in [0, 0.05) is 12.8 Å². The van der Waals surface area contributed by atoms with Crippen LogP contribution in [0.3, 0.4) is 0 Å². The summed E-state index contributed by atoms with van der Waals surface area (Å²) in [5, 5.41) is 5.41. The number of nitrogens with one attached hydrogen (secondary N) is 2. The van der Waals surface area contributed by atoms with E-state index in [1.807, 2.05) is 6.07 Å². The summed E-state index contributed by atoms with van der Waals surface area (Å²) in [5.74, 6) is 0.0330. The van der Waals surface area contributed by atoms with Gasteiger partial charge in [0.25, 0.3) is 0 Å². The van der Waals surface area contributed by atoms with Gasteiger partial charge in [0.05, 0.1) is 6.54 Å². The molecule has 158 valence electrons. The average Bonchev–Trinajstić information content (AvgIpc) is 3.30. The quantitative estimate of drug-likeness (QED) is 0.780. The van der Waals surface area contributed by atoms with Gasteiger partial charge in [-0.15, -0.1) is 13.2 Å². The van der Waals surface area contributed by atoms with E-state index in [-0.39, 0.29) is 23.7 Å². The zero-order valence-electron chi connectivity index (χ0n) is 15.8. The van der Waals surface area contributed by atoms with Crippen LogP contribution in [0.5, 0.6) is 11.5 Å². The smallest absolute Gasteiger partial charge is 0.488 e. The van der Waals surface area contributed by atoms with E-state index in [0.717, 1.165) is 11.1 Å². The fraction of sp³-hybridized carbons (Fsp3) is 0.333. The fourth-order valence-electron chi connectivity index (χ4n) is 3.63. The van der Waals surface area contributed by atoms with Crippen LogP contribution in [0.2, 0.25) is 0 Å². The lowest BCUT2D eigenvalue weighted by atomic mass is 10.0. The molecule has 9 heteroatoms. The number of hydrogen-bond acceptors (Lipinski definition) is 4. The van der Waals surface area contributed by atoms with E-state index in [4.69, 9.17) is 4.74 Å². The summed E-state index contributed by atoms with van der Waals surface area (Å²) in [6.07, 6.45) is -3.61. The van der Waals surface area contributed by atoms with Crippen molar-refractivity contribution in [2.75, 3.05) is 6.54 Å². The highest BCUT2D eigenvalue weighted by atomic mass is 19.4. The summed E-state index contributed by atoms with van der Waals surface area (Å²) >= 11 is 0. The van der Waals surface area contributed by atoms with Crippen molar-refractivity contribution in [2.24, 2.45) is 0 Å². The van der Waals surface area contributed by atoms with E-state index in [9.17, 15) is 22.8 Å². The van der Waals surface area contributed by atoms with Crippen LogP contribution >= 0.6 is 0 Å². The van der Waals surface area contributed by atoms with Crippen molar-refractivity contribution in [1.82, 2.24) is 10.6 Å². The van der Waals surface area contributed by atoms with Crippen LogP contribution < -0.4 is 20.1 Å². The molecular formula is C21H19F3N2O4. The molecule has 30 heavy (non-hydrogen) atoms. The second kappa shape index (κ2) is 7.89. The minimum atomic E-state index is -4.75. The van der Waals surface area contributed by atoms with Crippen molar-refractivity contribution >= 4 is 11.8 Å². The number of amides is 2. The molecule has 0 bridgehead atoms. The average molecular weight is 420 g/mol. The number of hydrogen-bond donors (Lipinski definition) is 2. The summed E-state index contributed by atoms with van der Waals surface area (Å²) < 4.78 is 47.2. The number of rotatable bonds is 5. The molecule has 2 aromatic rings. The molecule has 2 aromatic carbocycles. The van der Waals surface area contributed by atoms with Crippen LogP contribution in [0.4, 0.5) is 13.2 Å². The van der Waals surface area contributed by atoms with Gasteiger partial charge in [0.2, 0.25) is 11.8 Å². The third kappa shape index (κ3) is 4.67. The molecule has 0 aromatic heterocycles. The van der Waals surface area contributed by atoms with E-state index in [0.29, 0.717) is 37.1 Å². The fourth-order valence-corrected chi connectivity index (χ4v) is 3.63. The van der Waals surface area contributed by atoms with E-state index in [1.54, 1.807) is 18.2 Å². The Bertz CT molecular complexity index is 977. The number of carbonyl (C=O) groups excluding carboxylic acids is 2. The molecule has 0 spiro atoms. The third-order valence-corrected chi connectivity index (χ3v) is 5.02. The molecule has 1 fully saturated rings. The van der Waals surface area contributed by atoms with E-state index < -0.39 is 12.4 Å². The Labute approximate surface area is 170 Å². The second-order valence-electron chi connectivity index (χ2n) is 7.25. The number of benzene rings is 2. The van der Waals surface area contributed by atoms with Crippen LogP contribution in [0, 0.1) is 0 Å². The van der Waals surface area contributed by atoms with Gasteiger partial charge in [-0.05, 0) is 47.4 Å². The van der Waals surface area contributed by atoms with Crippen molar-refractivity contribution in [2.45, 2.75) is 37.8 Å². The van der Waals surface area contributed by atoms with E-state index in [2.05, 4.69) is 15.4 Å². The largest absolute Gasteiger partial charge is 0.573 e. The van der Waals surface area contributed by atoms with Crippen molar-refractivity contribution in [1.29, 1.82) is 0 Å². The van der Waals surface area contributed by atoms with Crippen LogP contribution in [0.1, 0.15) is 18.4 Å². The van der Waals surface area contributed by atoms with Gasteiger partial charge >= 0.3 is 6.36 Å². The van der Waals surface area contributed by atoms with Crippen molar-refractivity contribution in [3.8, 4) is 22.6 Å². The number of carbonyl (C=O) groups is 2. The lowest BCUT2D eigenvalue weighted by molar-refractivity contribution is -0.274. The summed E-state index contributed by atoms with van der Waals surface area (Å²) in [7, 11) is 0. The molecule has 1 saturated heterocycles. The minimum Gasteiger partial charge on any atom is -0.488 e. The van der Waals surface area contributed by atoms with Crippen molar-refractivity contribution < 1.29 is 32.2 Å². The number of fused-ring (bicyclic) bond motifs is 1. The molecule has 2 amide bonds. The number of alkyl halides is 3. The lowest BCUT2D eigenvalue weighted by Crippen LogP contribution is -2.44. The molecule has 2 atom stereocenters. The number of ether oxygens (including phenoxy) is 2. The molecule has 0 aliphatic carbocycles. The Kier molecular flexibility index (Phi) is 5.27. The first kappa shape index (κ1) is 20.1. The zero-order chi connectivity index (χ0) is 21.3. The molecule has 2 aliphatic heterocycles. The Hall–Kier alpha value is -3.23. The van der Waals surface area contributed by atoms with Crippen molar-refractivity contribution in [3.05, 3.63) is 48.0 Å². The predicted octanol–water partition coefficient (Wildman–Crippen LogP) is 2.95. The molecule has 2 heterocycles. The van der Waals surface area contributed by atoms with Gasteiger partial charge in [-0.25, -0.2) is 0 Å². The van der Waals surface area contributed by atoms with Gasteiger partial charge in [-0.2, -0.15) is 0 Å². The maximum atomic E-state index is 12.5. The first-order chi connectivity index (χ1) is 14.3. The molecule has 2 N–H and O–H groups in total. The standard InChI is InChI=1S/C21H19F3N2O4/c22-21(23,24)30-15-3-1-2-12(9-15)13-4-6-18-14(8-13)10-16(29-18)11-25-20(28)17-5-7-19(27)26-17/h1-4,6,8-9,16-17H,5,7,10-11H2,(H,25,28)(H,26,27)/t16-,17-/m0/s1. The zero-order valence-corrected chi connectivity index (χ0v) is 15.8. The normalized spacial score (nSPS) is 20.3. The minimum absolute atomic E-state index is 0.128. The molecular weight excluding hydrogens is 401 g/mol. The molecule has 6 nitrogen and oxygen atoms in total. The molecule has 0 unspecified atom stereocenters. The van der Waals surface area contributed by atoms with Gasteiger partial charge in [-0.3, -0.25) is 9.59 Å². The lowest BCUT2D eigenvalue weighted by Gasteiger charge is -2.14. The first-order valence-electron chi connectivity index (χ1n) is 9.50. The summed E-state index contributed by atoms with van der Waals surface area (Å²) in [6, 6.07) is 10.7. The van der Waals surface area contributed by atoms with Gasteiger partial charge in [0.15, 0.2) is 0 Å².